The SMILES string of the molecule is CC(=O)NC(C)(C)C=Cn1ncc(C(=O)NC23CCC(C(N)=O)(CC2)CC3)c1OCC(C)C. The van der Waals surface area contributed by atoms with E-state index in [2.05, 4.69) is 15.7 Å². The number of carbonyl (C=O) groups is 3. The standard InChI is InChI=1S/C24H37N5O4/c1-16(2)15-33-20-18(14-26-29(20)13-12-22(4,5)27-17(3)30)19(31)28-24-9-6-23(7-10-24,8-11-24)21(25)32/h12-14,16H,6-11,15H2,1-5H3,(H2,25,32)(H,27,30)(H,28,31). The van der Waals surface area contributed by atoms with Gasteiger partial charge in [-0.05, 0) is 64.4 Å². The molecule has 1 aromatic heterocycles. The molecule has 3 amide bonds. The fourth-order valence-corrected chi connectivity index (χ4v) is 4.81. The fraction of sp³-hybridized carbons (Fsp3) is 0.667. The van der Waals surface area contributed by atoms with Crippen molar-refractivity contribution in [2.24, 2.45) is 17.1 Å². The van der Waals surface area contributed by atoms with Crippen molar-refractivity contribution in [2.75, 3.05) is 6.61 Å². The first-order valence-corrected chi connectivity index (χ1v) is 11.7. The number of hydrogen-bond donors (Lipinski definition) is 3. The Balaban J connectivity index is 1.80. The van der Waals surface area contributed by atoms with E-state index in [0.717, 1.165) is 19.3 Å². The number of ether oxygens (including phenoxy) is 1. The minimum atomic E-state index is -0.592. The van der Waals surface area contributed by atoms with Crippen molar-refractivity contribution in [3.05, 3.63) is 17.8 Å². The Morgan fingerprint density at radius 3 is 2.33 bits per heavy atom. The predicted molar refractivity (Wildman–Crippen MR) is 125 cm³/mol. The van der Waals surface area contributed by atoms with Crippen molar-refractivity contribution >= 4 is 23.9 Å². The molecule has 0 aromatic carbocycles. The van der Waals surface area contributed by atoms with Crippen molar-refractivity contribution in [2.45, 2.75) is 84.2 Å². The average molecular weight is 460 g/mol. The highest BCUT2D eigenvalue weighted by Gasteiger charge is 2.52. The van der Waals surface area contributed by atoms with Crippen LogP contribution in [0.5, 0.6) is 5.88 Å². The highest BCUT2D eigenvalue weighted by atomic mass is 16.5. The Morgan fingerprint density at radius 2 is 1.82 bits per heavy atom. The van der Waals surface area contributed by atoms with Gasteiger partial charge in [0.25, 0.3) is 5.91 Å². The van der Waals surface area contributed by atoms with Crippen LogP contribution in [0.15, 0.2) is 12.3 Å². The molecule has 0 unspecified atom stereocenters. The molecule has 0 radical (unpaired) electrons. The molecule has 182 valence electrons. The molecule has 9 nitrogen and oxygen atoms in total. The minimum absolute atomic E-state index is 0.138. The summed E-state index contributed by atoms with van der Waals surface area (Å²) >= 11 is 0. The smallest absolute Gasteiger partial charge is 0.258 e. The van der Waals surface area contributed by atoms with Gasteiger partial charge >= 0.3 is 0 Å². The molecule has 3 aliphatic rings. The van der Waals surface area contributed by atoms with Gasteiger partial charge < -0.3 is 21.1 Å². The van der Waals surface area contributed by atoms with E-state index in [-0.39, 0.29) is 29.2 Å². The Kier molecular flexibility index (Phi) is 6.91. The van der Waals surface area contributed by atoms with Crippen LogP contribution in [0.1, 0.15) is 83.5 Å². The van der Waals surface area contributed by atoms with Gasteiger partial charge in [-0.1, -0.05) is 13.8 Å². The van der Waals surface area contributed by atoms with Crippen molar-refractivity contribution in [3.8, 4) is 5.88 Å². The molecular weight excluding hydrogens is 422 g/mol. The van der Waals surface area contributed by atoms with E-state index >= 15 is 0 Å². The van der Waals surface area contributed by atoms with Crippen LogP contribution in [-0.4, -0.2) is 45.2 Å². The zero-order valence-corrected chi connectivity index (χ0v) is 20.4. The third kappa shape index (κ3) is 5.57. The highest BCUT2D eigenvalue weighted by molar-refractivity contribution is 5.97. The van der Waals surface area contributed by atoms with E-state index in [9.17, 15) is 14.4 Å². The molecule has 3 saturated carbocycles. The third-order valence-corrected chi connectivity index (χ3v) is 6.83. The van der Waals surface area contributed by atoms with Crippen LogP contribution >= 0.6 is 0 Å². The molecule has 0 aliphatic heterocycles. The van der Waals surface area contributed by atoms with Crippen molar-refractivity contribution < 1.29 is 19.1 Å². The topological polar surface area (TPSA) is 128 Å². The molecule has 9 heteroatoms. The van der Waals surface area contributed by atoms with E-state index in [1.54, 1.807) is 12.3 Å². The van der Waals surface area contributed by atoms with Crippen molar-refractivity contribution in [1.82, 2.24) is 20.4 Å². The molecule has 0 saturated heterocycles. The number of aromatic nitrogens is 2. The molecule has 0 spiro atoms. The summed E-state index contributed by atoms with van der Waals surface area (Å²) in [6.07, 6.45) is 9.35. The van der Waals surface area contributed by atoms with Crippen LogP contribution in [0.3, 0.4) is 0 Å². The molecule has 3 fully saturated rings. The first-order chi connectivity index (χ1) is 15.4. The maximum absolute atomic E-state index is 13.3. The third-order valence-electron chi connectivity index (χ3n) is 6.83. The number of nitrogens with two attached hydrogens (primary N) is 1. The lowest BCUT2D eigenvalue weighted by molar-refractivity contribution is -0.134. The van der Waals surface area contributed by atoms with Crippen LogP contribution < -0.4 is 21.1 Å². The van der Waals surface area contributed by atoms with E-state index in [0.29, 0.717) is 37.3 Å². The Morgan fingerprint density at radius 1 is 1.21 bits per heavy atom. The number of carbonyl (C=O) groups excluding carboxylic acids is 3. The summed E-state index contributed by atoms with van der Waals surface area (Å²) in [6.45, 7) is 9.70. The Labute approximate surface area is 195 Å². The maximum Gasteiger partial charge on any atom is 0.258 e. The van der Waals surface area contributed by atoms with E-state index in [1.165, 1.54) is 17.8 Å². The molecule has 3 aliphatic carbocycles. The summed E-state index contributed by atoms with van der Waals surface area (Å²) < 4.78 is 7.52. The van der Waals surface area contributed by atoms with Crippen molar-refractivity contribution in [1.29, 1.82) is 0 Å². The fourth-order valence-electron chi connectivity index (χ4n) is 4.81. The quantitative estimate of drug-likeness (QED) is 0.523. The molecule has 1 heterocycles. The minimum Gasteiger partial charge on any atom is -0.477 e. The largest absolute Gasteiger partial charge is 0.477 e. The predicted octanol–water partition coefficient (Wildman–Crippen LogP) is 2.61. The molecule has 4 N–H and O–H groups in total. The number of fused-ring (bicyclic) bond motifs is 3. The van der Waals surface area contributed by atoms with Crippen LogP contribution in [0.2, 0.25) is 0 Å². The number of primary amides is 1. The van der Waals surface area contributed by atoms with Gasteiger partial charge in [0, 0.05) is 24.1 Å². The van der Waals surface area contributed by atoms with Crippen LogP contribution in [-0.2, 0) is 9.59 Å². The maximum atomic E-state index is 13.3. The van der Waals surface area contributed by atoms with Gasteiger partial charge in [-0.15, -0.1) is 0 Å². The van der Waals surface area contributed by atoms with Gasteiger partial charge in [-0.3, -0.25) is 14.4 Å². The first-order valence-electron chi connectivity index (χ1n) is 11.7. The van der Waals surface area contributed by atoms with E-state index in [4.69, 9.17) is 10.5 Å². The van der Waals surface area contributed by atoms with Crippen LogP contribution in [0.25, 0.3) is 6.20 Å². The van der Waals surface area contributed by atoms with Gasteiger partial charge in [0.05, 0.1) is 18.3 Å². The number of amides is 3. The van der Waals surface area contributed by atoms with E-state index in [1.807, 2.05) is 27.7 Å². The molecule has 4 rings (SSSR count). The zero-order valence-electron chi connectivity index (χ0n) is 20.4. The van der Waals surface area contributed by atoms with Crippen LogP contribution in [0.4, 0.5) is 0 Å². The Bertz CT molecular complexity index is 922. The molecular formula is C24H37N5O4. The lowest BCUT2D eigenvalue weighted by Gasteiger charge is -2.52. The normalized spacial score (nSPS) is 24.8. The first kappa shape index (κ1) is 24.8. The summed E-state index contributed by atoms with van der Waals surface area (Å²) in [5.74, 6) is 0.0395. The van der Waals surface area contributed by atoms with Gasteiger partial charge in [0.1, 0.15) is 5.56 Å². The summed E-state index contributed by atoms with van der Waals surface area (Å²) in [4.78, 5) is 36.7. The number of nitrogens with zero attached hydrogens (tertiary/aromatic N) is 2. The van der Waals surface area contributed by atoms with Gasteiger partial charge in [-0.25, -0.2) is 4.68 Å². The second kappa shape index (κ2) is 9.19. The molecule has 2 bridgehead atoms. The van der Waals surface area contributed by atoms with Crippen molar-refractivity contribution in [3.63, 3.8) is 0 Å². The summed E-state index contributed by atoms with van der Waals surface area (Å²) in [6, 6.07) is 0. The second-order valence-corrected chi connectivity index (χ2v) is 10.6. The summed E-state index contributed by atoms with van der Waals surface area (Å²) in [5, 5.41) is 10.4. The number of nitrogens with one attached hydrogen (secondary N) is 2. The summed E-state index contributed by atoms with van der Waals surface area (Å²) in [5.41, 5.74) is 4.70. The van der Waals surface area contributed by atoms with Crippen LogP contribution in [0, 0.1) is 11.3 Å². The average Bonchev–Trinajstić information content (AvgIpc) is 3.14. The molecule has 1 aromatic rings. The van der Waals surface area contributed by atoms with Gasteiger partial charge in [0.2, 0.25) is 17.7 Å². The molecule has 33 heavy (non-hydrogen) atoms. The Hall–Kier alpha value is -2.84. The van der Waals surface area contributed by atoms with Gasteiger partial charge in [0.15, 0.2) is 0 Å². The molecule has 0 atom stereocenters. The monoisotopic (exact) mass is 459 g/mol. The van der Waals surface area contributed by atoms with E-state index < -0.39 is 11.0 Å². The lowest BCUT2D eigenvalue weighted by Crippen LogP contribution is -2.59. The number of hydrogen-bond acceptors (Lipinski definition) is 5. The second-order valence-electron chi connectivity index (χ2n) is 10.6. The summed E-state index contributed by atoms with van der Waals surface area (Å²) in [7, 11) is 0. The number of rotatable bonds is 9. The van der Waals surface area contributed by atoms with Gasteiger partial charge in [-0.2, -0.15) is 5.10 Å². The highest BCUT2D eigenvalue weighted by Crippen LogP contribution is 2.52. The zero-order chi connectivity index (χ0) is 24.4. The lowest BCUT2D eigenvalue weighted by atomic mass is 9.57.